The van der Waals surface area contributed by atoms with Crippen LogP contribution in [0.25, 0.3) is 10.6 Å². The van der Waals surface area contributed by atoms with Crippen LogP contribution in [0.5, 0.6) is 0 Å². The third kappa shape index (κ3) is 3.60. The molecule has 0 spiro atoms. The zero-order valence-corrected chi connectivity index (χ0v) is 13.3. The summed E-state index contributed by atoms with van der Waals surface area (Å²) in [5, 5.41) is 11.8. The van der Waals surface area contributed by atoms with Gasteiger partial charge in [-0.05, 0) is 19.1 Å². The lowest BCUT2D eigenvalue weighted by molar-refractivity contribution is 0.0741. The molecule has 0 fully saturated rings. The Bertz CT molecular complexity index is 692. The maximum Gasteiger partial charge on any atom is 0.273 e. The zero-order valence-electron chi connectivity index (χ0n) is 11.7. The highest BCUT2D eigenvalue weighted by Crippen LogP contribution is 2.26. The van der Waals surface area contributed by atoms with Gasteiger partial charge in [-0.15, -0.1) is 11.3 Å². The van der Waals surface area contributed by atoms with E-state index in [1.807, 2.05) is 25.1 Å². The van der Waals surface area contributed by atoms with Gasteiger partial charge in [-0.1, -0.05) is 23.7 Å². The summed E-state index contributed by atoms with van der Waals surface area (Å²) < 4.78 is 0. The molecular formula is C15H14ClN3OS. The van der Waals surface area contributed by atoms with Gasteiger partial charge in [0.25, 0.3) is 5.91 Å². The Labute approximate surface area is 132 Å². The number of carbonyl (C=O) groups is 1. The number of carbonyl (C=O) groups excluding carboxylic acids is 1. The molecule has 6 heteroatoms. The second kappa shape index (κ2) is 6.70. The van der Waals surface area contributed by atoms with Crippen molar-refractivity contribution in [2.75, 3.05) is 7.05 Å². The molecule has 1 aromatic carbocycles. The molecule has 0 saturated heterocycles. The third-order valence-corrected chi connectivity index (χ3v) is 4.29. The number of aromatic nitrogens is 1. The number of hydrogen-bond acceptors (Lipinski definition) is 4. The van der Waals surface area contributed by atoms with Gasteiger partial charge >= 0.3 is 0 Å². The summed E-state index contributed by atoms with van der Waals surface area (Å²) in [6.07, 6.45) is 0.299. The van der Waals surface area contributed by atoms with Crippen LogP contribution in [-0.2, 0) is 0 Å². The molecule has 0 aliphatic rings. The van der Waals surface area contributed by atoms with E-state index in [9.17, 15) is 4.79 Å². The van der Waals surface area contributed by atoms with Crippen molar-refractivity contribution in [1.82, 2.24) is 9.88 Å². The minimum Gasteiger partial charge on any atom is -0.337 e. The molecule has 0 N–H and O–H groups in total. The Morgan fingerprint density at radius 1 is 1.57 bits per heavy atom. The Kier molecular flexibility index (Phi) is 4.94. The smallest absolute Gasteiger partial charge is 0.273 e. The van der Waals surface area contributed by atoms with Crippen LogP contribution < -0.4 is 0 Å². The first-order chi connectivity index (χ1) is 10.0. The lowest BCUT2D eigenvalue weighted by atomic mass is 10.2. The Morgan fingerprint density at radius 3 is 3.00 bits per heavy atom. The first-order valence-electron chi connectivity index (χ1n) is 6.38. The van der Waals surface area contributed by atoms with Gasteiger partial charge in [0.2, 0.25) is 0 Å². The van der Waals surface area contributed by atoms with Crippen molar-refractivity contribution in [3.63, 3.8) is 0 Å². The Morgan fingerprint density at radius 2 is 2.33 bits per heavy atom. The summed E-state index contributed by atoms with van der Waals surface area (Å²) in [4.78, 5) is 18.2. The minimum absolute atomic E-state index is 0.140. The van der Waals surface area contributed by atoms with Crippen molar-refractivity contribution in [2.24, 2.45) is 0 Å². The molecule has 2 aromatic rings. The molecule has 1 amide bonds. The van der Waals surface area contributed by atoms with Gasteiger partial charge in [0.15, 0.2) is 0 Å². The highest BCUT2D eigenvalue weighted by molar-refractivity contribution is 7.13. The van der Waals surface area contributed by atoms with Gasteiger partial charge in [-0.3, -0.25) is 4.79 Å². The second-order valence-corrected chi connectivity index (χ2v) is 5.97. The van der Waals surface area contributed by atoms with E-state index >= 15 is 0 Å². The molecule has 0 bridgehead atoms. The number of halogens is 1. The molecule has 2 rings (SSSR count). The summed E-state index contributed by atoms with van der Waals surface area (Å²) in [7, 11) is 1.68. The van der Waals surface area contributed by atoms with Gasteiger partial charge < -0.3 is 4.90 Å². The van der Waals surface area contributed by atoms with Crippen LogP contribution in [0.4, 0.5) is 0 Å². The normalized spacial score (nSPS) is 11.7. The molecule has 0 aliphatic carbocycles. The van der Waals surface area contributed by atoms with Gasteiger partial charge in [0, 0.05) is 29.1 Å². The molecule has 1 atom stereocenters. The van der Waals surface area contributed by atoms with E-state index in [0.717, 1.165) is 10.6 Å². The quantitative estimate of drug-likeness (QED) is 0.860. The summed E-state index contributed by atoms with van der Waals surface area (Å²) >= 11 is 7.36. The SMILES string of the molecule is CC(CC#N)N(C)C(=O)c1csc(-c2cccc(Cl)c2)n1. The fraction of sp³-hybridized carbons (Fsp3) is 0.267. The van der Waals surface area contributed by atoms with E-state index in [2.05, 4.69) is 11.1 Å². The minimum atomic E-state index is -0.178. The maximum atomic E-state index is 12.3. The topological polar surface area (TPSA) is 57.0 Å². The first kappa shape index (κ1) is 15.5. The fourth-order valence-corrected chi connectivity index (χ4v) is 2.76. The maximum absolute atomic E-state index is 12.3. The van der Waals surface area contributed by atoms with Crippen LogP contribution in [0.2, 0.25) is 5.02 Å². The molecule has 108 valence electrons. The Balaban J connectivity index is 2.20. The highest BCUT2D eigenvalue weighted by Gasteiger charge is 2.20. The van der Waals surface area contributed by atoms with E-state index in [-0.39, 0.29) is 11.9 Å². The molecule has 21 heavy (non-hydrogen) atoms. The fourth-order valence-electron chi connectivity index (χ4n) is 1.78. The summed E-state index contributed by atoms with van der Waals surface area (Å²) in [5.74, 6) is -0.178. The number of benzene rings is 1. The van der Waals surface area contributed by atoms with Crippen LogP contribution in [0, 0.1) is 11.3 Å². The summed E-state index contributed by atoms with van der Waals surface area (Å²) in [6, 6.07) is 9.29. The second-order valence-electron chi connectivity index (χ2n) is 4.68. The van der Waals surface area contributed by atoms with Crippen molar-refractivity contribution in [1.29, 1.82) is 5.26 Å². The van der Waals surface area contributed by atoms with Gasteiger partial charge in [-0.2, -0.15) is 5.26 Å². The average molecular weight is 320 g/mol. The molecular weight excluding hydrogens is 306 g/mol. The molecule has 1 unspecified atom stereocenters. The van der Waals surface area contributed by atoms with Crippen molar-refractivity contribution >= 4 is 28.8 Å². The average Bonchev–Trinajstić information content (AvgIpc) is 2.95. The third-order valence-electron chi connectivity index (χ3n) is 3.16. The highest BCUT2D eigenvalue weighted by atomic mass is 35.5. The van der Waals surface area contributed by atoms with E-state index in [4.69, 9.17) is 16.9 Å². The number of thiazole rings is 1. The van der Waals surface area contributed by atoms with Gasteiger partial charge in [0.05, 0.1) is 12.5 Å². The molecule has 1 aromatic heterocycles. The van der Waals surface area contributed by atoms with Gasteiger partial charge in [0.1, 0.15) is 10.7 Å². The summed E-state index contributed by atoms with van der Waals surface area (Å²) in [5.41, 5.74) is 1.28. The Hall–Kier alpha value is -1.90. The number of nitrogens with zero attached hydrogens (tertiary/aromatic N) is 3. The van der Waals surface area contributed by atoms with Crippen molar-refractivity contribution in [2.45, 2.75) is 19.4 Å². The van der Waals surface area contributed by atoms with E-state index < -0.39 is 0 Å². The van der Waals surface area contributed by atoms with E-state index in [1.165, 1.54) is 11.3 Å². The van der Waals surface area contributed by atoms with E-state index in [0.29, 0.717) is 17.1 Å². The lowest BCUT2D eigenvalue weighted by Crippen LogP contribution is -2.35. The molecule has 0 aliphatic heterocycles. The number of rotatable bonds is 4. The van der Waals surface area contributed by atoms with Crippen LogP contribution in [0.1, 0.15) is 23.8 Å². The number of nitriles is 1. The van der Waals surface area contributed by atoms with Crippen LogP contribution in [-0.4, -0.2) is 28.9 Å². The van der Waals surface area contributed by atoms with Crippen molar-refractivity contribution in [3.05, 3.63) is 40.4 Å². The van der Waals surface area contributed by atoms with E-state index in [1.54, 1.807) is 23.4 Å². The predicted octanol–water partition coefficient (Wildman–Crippen LogP) is 3.84. The lowest BCUT2D eigenvalue weighted by Gasteiger charge is -2.21. The largest absolute Gasteiger partial charge is 0.337 e. The zero-order chi connectivity index (χ0) is 15.4. The first-order valence-corrected chi connectivity index (χ1v) is 7.64. The van der Waals surface area contributed by atoms with Crippen LogP contribution >= 0.6 is 22.9 Å². The van der Waals surface area contributed by atoms with Crippen molar-refractivity contribution in [3.8, 4) is 16.6 Å². The molecule has 0 saturated carbocycles. The number of amides is 1. The van der Waals surface area contributed by atoms with Crippen molar-refractivity contribution < 1.29 is 4.79 Å². The predicted molar refractivity (Wildman–Crippen MR) is 84.3 cm³/mol. The molecule has 1 heterocycles. The molecule has 4 nitrogen and oxygen atoms in total. The molecule has 0 radical (unpaired) electrons. The van der Waals surface area contributed by atoms with Gasteiger partial charge in [-0.25, -0.2) is 4.98 Å². The number of hydrogen-bond donors (Lipinski definition) is 0. The van der Waals surface area contributed by atoms with Crippen LogP contribution in [0.15, 0.2) is 29.6 Å². The summed E-state index contributed by atoms with van der Waals surface area (Å²) in [6.45, 7) is 1.84. The van der Waals surface area contributed by atoms with Crippen LogP contribution in [0.3, 0.4) is 0 Å². The monoisotopic (exact) mass is 319 g/mol. The standard InChI is InChI=1S/C15H14ClN3OS/c1-10(6-7-17)19(2)15(20)13-9-21-14(18-13)11-4-3-5-12(16)8-11/h3-5,8-10H,6H2,1-2H3.